The van der Waals surface area contributed by atoms with Crippen molar-refractivity contribution in [3.8, 4) is 17.2 Å². The summed E-state index contributed by atoms with van der Waals surface area (Å²) in [5.74, 6) is 0.461. The molecule has 1 amide bonds. The Labute approximate surface area is 190 Å². The molecule has 0 aliphatic rings. The van der Waals surface area contributed by atoms with Gasteiger partial charge in [-0.25, -0.2) is 4.39 Å². The summed E-state index contributed by atoms with van der Waals surface area (Å²) < 4.78 is 25.6. The summed E-state index contributed by atoms with van der Waals surface area (Å²) in [5, 5.41) is 3.80. The van der Waals surface area contributed by atoms with E-state index in [-0.39, 0.29) is 11.7 Å². The van der Waals surface area contributed by atoms with E-state index in [0.29, 0.717) is 30.9 Å². The lowest BCUT2D eigenvalue weighted by atomic mass is 10.2. The average Bonchev–Trinajstić information content (AvgIpc) is 2.85. The normalized spacial score (nSPS) is 10.9. The van der Waals surface area contributed by atoms with E-state index in [1.54, 1.807) is 36.7 Å². The standard InChI is InChI=1S/C26H22FN3O3/c27-22-17-19(9-11-23(22)33-21-7-3-13-28-18-21)10-12-25(31)29-15-4-16-32-24-8-1-5-20-6-2-14-30-26(20)24/h1-3,5-14,17-18H,4,15-16H2,(H,29,31)/b12-10+. The van der Waals surface area contributed by atoms with Crippen LogP contribution in [0.3, 0.4) is 0 Å². The quantitative estimate of drug-likeness (QED) is 0.286. The second kappa shape index (κ2) is 10.9. The lowest BCUT2D eigenvalue weighted by Crippen LogP contribution is -2.23. The summed E-state index contributed by atoms with van der Waals surface area (Å²) in [4.78, 5) is 20.3. The summed E-state index contributed by atoms with van der Waals surface area (Å²) in [6.45, 7) is 0.900. The first-order chi connectivity index (χ1) is 16.2. The zero-order valence-electron chi connectivity index (χ0n) is 17.8. The molecule has 0 bridgehead atoms. The monoisotopic (exact) mass is 443 g/mol. The Hall–Kier alpha value is -4.26. The molecule has 166 valence electrons. The fraction of sp³-hybridized carbons (Fsp3) is 0.115. The number of hydrogen-bond acceptors (Lipinski definition) is 5. The minimum absolute atomic E-state index is 0.0889. The van der Waals surface area contributed by atoms with Gasteiger partial charge in [-0.05, 0) is 54.5 Å². The Balaban J connectivity index is 1.22. The molecule has 0 spiro atoms. The van der Waals surface area contributed by atoms with Crippen molar-refractivity contribution in [1.82, 2.24) is 15.3 Å². The molecule has 2 aromatic carbocycles. The largest absolute Gasteiger partial charge is 0.491 e. The van der Waals surface area contributed by atoms with Gasteiger partial charge in [-0.2, -0.15) is 0 Å². The van der Waals surface area contributed by atoms with Crippen LogP contribution in [0.4, 0.5) is 4.39 Å². The molecule has 2 aromatic heterocycles. The van der Waals surface area contributed by atoms with Crippen LogP contribution < -0.4 is 14.8 Å². The van der Waals surface area contributed by atoms with Crippen molar-refractivity contribution >= 4 is 22.9 Å². The van der Waals surface area contributed by atoms with Crippen molar-refractivity contribution in [1.29, 1.82) is 0 Å². The molecular formula is C26H22FN3O3. The number of ether oxygens (including phenoxy) is 2. The van der Waals surface area contributed by atoms with E-state index >= 15 is 0 Å². The lowest BCUT2D eigenvalue weighted by molar-refractivity contribution is -0.116. The number of hydrogen-bond donors (Lipinski definition) is 1. The Morgan fingerprint density at radius 1 is 1.03 bits per heavy atom. The minimum atomic E-state index is -0.526. The van der Waals surface area contributed by atoms with Crippen LogP contribution in [0.5, 0.6) is 17.2 Å². The summed E-state index contributed by atoms with van der Waals surface area (Å²) in [5.41, 5.74) is 1.36. The number of amides is 1. The van der Waals surface area contributed by atoms with Gasteiger partial charge in [0.2, 0.25) is 5.91 Å². The highest BCUT2D eigenvalue weighted by Crippen LogP contribution is 2.25. The summed E-state index contributed by atoms with van der Waals surface area (Å²) in [6.07, 6.45) is 8.39. The molecule has 1 N–H and O–H groups in total. The van der Waals surface area contributed by atoms with Crippen LogP contribution in [-0.2, 0) is 4.79 Å². The smallest absolute Gasteiger partial charge is 0.244 e. The van der Waals surface area contributed by atoms with Gasteiger partial charge >= 0.3 is 0 Å². The fourth-order valence-corrected chi connectivity index (χ4v) is 3.13. The number of fused-ring (bicyclic) bond motifs is 1. The molecule has 4 aromatic rings. The maximum Gasteiger partial charge on any atom is 0.244 e. The average molecular weight is 443 g/mol. The van der Waals surface area contributed by atoms with Gasteiger partial charge in [0.15, 0.2) is 11.6 Å². The van der Waals surface area contributed by atoms with Crippen LogP contribution in [0.25, 0.3) is 17.0 Å². The molecule has 0 unspecified atom stereocenters. The van der Waals surface area contributed by atoms with Gasteiger partial charge in [-0.1, -0.05) is 24.3 Å². The van der Waals surface area contributed by atoms with E-state index < -0.39 is 5.82 Å². The van der Waals surface area contributed by atoms with E-state index in [2.05, 4.69) is 15.3 Å². The molecule has 7 heteroatoms. The summed E-state index contributed by atoms with van der Waals surface area (Å²) >= 11 is 0. The van der Waals surface area contributed by atoms with Crippen LogP contribution in [0.2, 0.25) is 0 Å². The molecule has 0 aliphatic carbocycles. The number of para-hydroxylation sites is 1. The van der Waals surface area contributed by atoms with Crippen molar-refractivity contribution in [2.24, 2.45) is 0 Å². The Kier molecular flexibility index (Phi) is 7.22. The topological polar surface area (TPSA) is 73.3 Å². The molecule has 0 atom stereocenters. The van der Waals surface area contributed by atoms with E-state index in [9.17, 15) is 9.18 Å². The molecule has 2 heterocycles. The number of pyridine rings is 2. The maximum absolute atomic E-state index is 14.3. The van der Waals surface area contributed by atoms with Gasteiger partial charge in [-0.3, -0.25) is 14.8 Å². The number of nitrogens with zero attached hydrogens (tertiary/aromatic N) is 2. The van der Waals surface area contributed by atoms with E-state index in [0.717, 1.165) is 16.7 Å². The molecule has 0 aliphatic heterocycles. The number of nitrogens with one attached hydrogen (secondary N) is 1. The number of halogens is 1. The highest BCUT2D eigenvalue weighted by Gasteiger charge is 2.06. The van der Waals surface area contributed by atoms with E-state index in [1.165, 1.54) is 24.4 Å². The maximum atomic E-state index is 14.3. The third kappa shape index (κ3) is 6.13. The van der Waals surface area contributed by atoms with Gasteiger partial charge in [-0.15, -0.1) is 0 Å². The summed E-state index contributed by atoms with van der Waals surface area (Å²) in [6, 6.07) is 17.5. The number of carbonyl (C=O) groups excluding carboxylic acids is 1. The predicted molar refractivity (Wildman–Crippen MR) is 125 cm³/mol. The van der Waals surface area contributed by atoms with Gasteiger partial charge in [0.1, 0.15) is 17.0 Å². The molecule has 4 rings (SSSR count). The van der Waals surface area contributed by atoms with Crippen LogP contribution in [0.15, 0.2) is 85.3 Å². The van der Waals surface area contributed by atoms with Crippen molar-refractivity contribution < 1.29 is 18.7 Å². The van der Waals surface area contributed by atoms with Gasteiger partial charge < -0.3 is 14.8 Å². The van der Waals surface area contributed by atoms with Crippen LogP contribution >= 0.6 is 0 Å². The highest BCUT2D eigenvalue weighted by atomic mass is 19.1. The number of aromatic nitrogens is 2. The fourth-order valence-electron chi connectivity index (χ4n) is 3.13. The van der Waals surface area contributed by atoms with Crippen LogP contribution in [0, 0.1) is 5.82 Å². The second-order valence-electron chi connectivity index (χ2n) is 7.14. The summed E-state index contributed by atoms with van der Waals surface area (Å²) in [7, 11) is 0. The molecule has 0 radical (unpaired) electrons. The Bertz CT molecular complexity index is 1260. The van der Waals surface area contributed by atoms with Crippen molar-refractivity contribution in [3.63, 3.8) is 0 Å². The van der Waals surface area contributed by atoms with Crippen molar-refractivity contribution in [2.45, 2.75) is 6.42 Å². The minimum Gasteiger partial charge on any atom is -0.491 e. The van der Waals surface area contributed by atoms with Crippen LogP contribution in [0.1, 0.15) is 12.0 Å². The van der Waals surface area contributed by atoms with Crippen LogP contribution in [-0.4, -0.2) is 29.0 Å². The van der Waals surface area contributed by atoms with Crippen molar-refractivity contribution in [2.75, 3.05) is 13.2 Å². The molecule has 6 nitrogen and oxygen atoms in total. The Morgan fingerprint density at radius 3 is 2.76 bits per heavy atom. The van der Waals surface area contributed by atoms with Gasteiger partial charge in [0.25, 0.3) is 0 Å². The SMILES string of the molecule is O=C(/C=C/c1ccc(Oc2cccnc2)c(F)c1)NCCCOc1cccc2cccnc12. The number of carbonyl (C=O) groups is 1. The highest BCUT2D eigenvalue weighted by molar-refractivity contribution is 5.91. The third-order valence-corrected chi connectivity index (χ3v) is 4.72. The molecule has 0 saturated heterocycles. The Morgan fingerprint density at radius 2 is 1.91 bits per heavy atom. The number of rotatable bonds is 9. The first kappa shape index (κ1) is 22.0. The molecule has 33 heavy (non-hydrogen) atoms. The number of benzene rings is 2. The van der Waals surface area contributed by atoms with E-state index in [4.69, 9.17) is 9.47 Å². The van der Waals surface area contributed by atoms with Crippen molar-refractivity contribution in [3.05, 3.63) is 96.7 Å². The molecule has 0 fully saturated rings. The first-order valence-corrected chi connectivity index (χ1v) is 10.5. The second-order valence-corrected chi connectivity index (χ2v) is 7.14. The molecule has 0 saturated carbocycles. The van der Waals surface area contributed by atoms with Gasteiger partial charge in [0, 0.05) is 30.4 Å². The molecular weight excluding hydrogens is 421 g/mol. The third-order valence-electron chi connectivity index (χ3n) is 4.72. The predicted octanol–water partition coefficient (Wildman–Crippen LogP) is 5.16. The first-order valence-electron chi connectivity index (χ1n) is 10.5. The lowest BCUT2D eigenvalue weighted by Gasteiger charge is -2.08. The zero-order chi connectivity index (χ0) is 22.9. The van der Waals surface area contributed by atoms with Gasteiger partial charge in [0.05, 0.1) is 12.8 Å². The van der Waals surface area contributed by atoms with E-state index in [1.807, 2.05) is 30.3 Å². The zero-order valence-corrected chi connectivity index (χ0v) is 17.8.